The molecular weight excluding hydrogens is 216 g/mol. The van der Waals surface area contributed by atoms with Crippen LogP contribution >= 0.6 is 0 Å². The second-order valence-corrected chi connectivity index (χ2v) is 3.89. The summed E-state index contributed by atoms with van der Waals surface area (Å²) in [5.41, 5.74) is -1.56. The van der Waals surface area contributed by atoms with Gasteiger partial charge >= 0.3 is 11.9 Å². The van der Waals surface area contributed by atoms with E-state index >= 15 is 0 Å². The van der Waals surface area contributed by atoms with Crippen molar-refractivity contribution in [3.8, 4) is 0 Å². The van der Waals surface area contributed by atoms with E-state index in [0.29, 0.717) is 6.42 Å². The molecule has 0 fully saturated rings. The van der Waals surface area contributed by atoms with Crippen LogP contribution in [-0.4, -0.2) is 44.1 Å². The molecule has 0 aromatic rings. The molecule has 0 aliphatic carbocycles. The third kappa shape index (κ3) is 10.9. The van der Waals surface area contributed by atoms with Crippen molar-refractivity contribution >= 4 is 11.9 Å². The smallest absolute Gasteiger partial charge is 0.335 e. The van der Waals surface area contributed by atoms with E-state index in [9.17, 15) is 9.59 Å². The van der Waals surface area contributed by atoms with E-state index in [0.717, 1.165) is 12.8 Å². The predicted octanol–water partition coefficient (Wildman–Crippen LogP) is 0.464. The monoisotopic (exact) mass is 236 g/mol. The summed E-state index contributed by atoms with van der Waals surface area (Å²) >= 11 is 0. The van der Waals surface area contributed by atoms with E-state index in [4.69, 9.17) is 20.4 Å². The lowest BCUT2D eigenvalue weighted by atomic mass is 10.0. The van der Waals surface area contributed by atoms with Crippen LogP contribution in [0.5, 0.6) is 0 Å². The summed E-state index contributed by atoms with van der Waals surface area (Å²) in [6, 6.07) is 0. The summed E-state index contributed by atoms with van der Waals surface area (Å²) in [5, 5.41) is 33.6. The van der Waals surface area contributed by atoms with Gasteiger partial charge < -0.3 is 20.4 Å². The van der Waals surface area contributed by atoms with Gasteiger partial charge in [-0.05, 0) is 20.3 Å². The van der Waals surface area contributed by atoms with Crippen LogP contribution in [0, 0.1) is 0 Å². The number of hydrogen-bond acceptors (Lipinski definition) is 4. The quantitative estimate of drug-likeness (QED) is 0.551. The van der Waals surface area contributed by atoms with Crippen LogP contribution in [-0.2, 0) is 9.59 Å². The molecule has 0 rings (SSSR count). The van der Waals surface area contributed by atoms with Gasteiger partial charge in [0.15, 0.2) is 6.10 Å². The Balaban J connectivity index is 0. The highest BCUT2D eigenvalue weighted by Gasteiger charge is 2.30. The van der Waals surface area contributed by atoms with Crippen molar-refractivity contribution in [1.82, 2.24) is 0 Å². The first kappa shape index (κ1) is 17.3. The molecule has 4 N–H and O–H groups in total. The first-order valence-electron chi connectivity index (χ1n) is 4.98. The van der Waals surface area contributed by atoms with E-state index in [1.165, 1.54) is 13.8 Å². The second kappa shape index (κ2) is 8.06. The maximum absolute atomic E-state index is 9.94. The molecule has 0 aliphatic rings. The zero-order valence-electron chi connectivity index (χ0n) is 9.80. The Hall–Kier alpha value is -1.14. The summed E-state index contributed by atoms with van der Waals surface area (Å²) < 4.78 is 0. The number of hydrogen-bond donors (Lipinski definition) is 4. The Morgan fingerprint density at radius 1 is 1.25 bits per heavy atom. The van der Waals surface area contributed by atoms with E-state index in [-0.39, 0.29) is 0 Å². The van der Waals surface area contributed by atoms with Crippen molar-refractivity contribution in [2.24, 2.45) is 0 Å². The average Bonchev–Trinajstić information content (AvgIpc) is 2.12. The maximum Gasteiger partial charge on any atom is 0.335 e. The molecule has 6 heteroatoms. The van der Waals surface area contributed by atoms with Crippen LogP contribution in [0.4, 0.5) is 0 Å². The Kier molecular flexibility index (Phi) is 8.70. The summed E-state index contributed by atoms with van der Waals surface area (Å²) in [5.74, 6) is -2.11. The van der Waals surface area contributed by atoms with Gasteiger partial charge in [0, 0.05) is 6.42 Å². The maximum atomic E-state index is 9.94. The van der Waals surface area contributed by atoms with Gasteiger partial charge in [0.25, 0.3) is 0 Å². The third-order valence-electron chi connectivity index (χ3n) is 1.65. The molecule has 0 spiro atoms. The minimum atomic E-state index is -1.71. The number of aliphatic hydroxyl groups excluding tert-OH is 1. The van der Waals surface area contributed by atoms with Gasteiger partial charge in [0.1, 0.15) is 0 Å². The number of carbonyl (C=O) groups is 2. The van der Waals surface area contributed by atoms with Gasteiger partial charge in [0.05, 0.1) is 5.60 Å². The minimum Gasteiger partial charge on any atom is -0.481 e. The number of rotatable bonds is 5. The Bertz CT molecular complexity index is 218. The Morgan fingerprint density at radius 2 is 1.69 bits per heavy atom. The first-order chi connectivity index (χ1) is 7.12. The topological polar surface area (TPSA) is 115 Å². The lowest BCUT2D eigenvalue weighted by molar-refractivity contribution is -0.159. The van der Waals surface area contributed by atoms with E-state index in [1.54, 1.807) is 0 Å². The molecule has 0 amide bonds. The van der Waals surface area contributed by atoms with Gasteiger partial charge in [-0.3, -0.25) is 4.79 Å². The number of aliphatic carboxylic acids is 2. The molecule has 96 valence electrons. The molecule has 1 unspecified atom stereocenters. The predicted molar refractivity (Wildman–Crippen MR) is 57.1 cm³/mol. The van der Waals surface area contributed by atoms with Crippen molar-refractivity contribution in [3.63, 3.8) is 0 Å². The summed E-state index contributed by atoms with van der Waals surface area (Å²) in [7, 11) is 0. The molecule has 16 heavy (non-hydrogen) atoms. The number of carboxylic acid groups (broad SMARTS) is 2. The largest absolute Gasteiger partial charge is 0.481 e. The summed E-state index contributed by atoms with van der Waals surface area (Å²) in [6.45, 7) is 4.43. The molecule has 0 radical (unpaired) electrons. The standard InChI is InChI=1S/C5H10O4.C5H10O2/c1-5(2,9)3(6)4(7)8;1-2-3-4-5(6)7/h3,6,9H,1-2H3,(H,7,8);2-4H2,1H3,(H,6,7). The van der Waals surface area contributed by atoms with E-state index in [2.05, 4.69) is 0 Å². The number of carboxylic acids is 2. The van der Waals surface area contributed by atoms with Gasteiger partial charge in [-0.15, -0.1) is 0 Å². The van der Waals surface area contributed by atoms with Gasteiger partial charge in [0.2, 0.25) is 0 Å². The fourth-order valence-electron chi connectivity index (χ4n) is 0.630. The van der Waals surface area contributed by atoms with Crippen LogP contribution in [0.2, 0.25) is 0 Å². The molecule has 0 aromatic carbocycles. The molecule has 0 heterocycles. The summed E-state index contributed by atoms with van der Waals surface area (Å²) in [4.78, 5) is 19.7. The van der Waals surface area contributed by atoms with Crippen LogP contribution < -0.4 is 0 Å². The third-order valence-corrected chi connectivity index (χ3v) is 1.65. The van der Waals surface area contributed by atoms with Crippen LogP contribution in [0.15, 0.2) is 0 Å². The average molecular weight is 236 g/mol. The van der Waals surface area contributed by atoms with Crippen LogP contribution in [0.1, 0.15) is 40.0 Å². The second-order valence-electron chi connectivity index (χ2n) is 3.89. The molecule has 0 saturated carbocycles. The highest BCUT2D eigenvalue weighted by atomic mass is 16.4. The molecular formula is C10H20O6. The highest BCUT2D eigenvalue weighted by Crippen LogP contribution is 2.07. The number of aliphatic hydroxyl groups is 2. The fourth-order valence-corrected chi connectivity index (χ4v) is 0.630. The molecule has 0 aliphatic heterocycles. The SMILES string of the molecule is CC(C)(O)C(O)C(=O)O.CCCCC(=O)O. The normalized spacial score (nSPS) is 12.3. The van der Waals surface area contributed by atoms with E-state index < -0.39 is 23.6 Å². The zero-order valence-corrected chi connectivity index (χ0v) is 9.80. The lowest BCUT2D eigenvalue weighted by Crippen LogP contribution is -2.41. The molecule has 1 atom stereocenters. The molecule has 0 saturated heterocycles. The van der Waals surface area contributed by atoms with Crippen molar-refractivity contribution in [1.29, 1.82) is 0 Å². The van der Waals surface area contributed by atoms with Gasteiger partial charge in [-0.2, -0.15) is 0 Å². The van der Waals surface area contributed by atoms with Gasteiger partial charge in [-0.1, -0.05) is 13.3 Å². The fraction of sp³-hybridized carbons (Fsp3) is 0.800. The Morgan fingerprint density at radius 3 is 1.75 bits per heavy atom. The van der Waals surface area contributed by atoms with Crippen LogP contribution in [0.25, 0.3) is 0 Å². The lowest BCUT2D eigenvalue weighted by Gasteiger charge is -2.19. The molecule has 6 nitrogen and oxygen atoms in total. The number of unbranched alkanes of at least 4 members (excludes halogenated alkanes) is 1. The van der Waals surface area contributed by atoms with Crippen molar-refractivity contribution in [3.05, 3.63) is 0 Å². The van der Waals surface area contributed by atoms with Gasteiger partial charge in [-0.25, -0.2) is 4.79 Å². The van der Waals surface area contributed by atoms with Crippen molar-refractivity contribution in [2.75, 3.05) is 0 Å². The van der Waals surface area contributed by atoms with Crippen molar-refractivity contribution in [2.45, 2.75) is 51.7 Å². The summed E-state index contributed by atoms with van der Waals surface area (Å²) in [6.07, 6.45) is 0.371. The molecule has 0 bridgehead atoms. The highest BCUT2D eigenvalue weighted by molar-refractivity contribution is 5.73. The molecule has 0 aromatic heterocycles. The first-order valence-corrected chi connectivity index (χ1v) is 4.98. The Labute approximate surface area is 94.5 Å². The van der Waals surface area contributed by atoms with Crippen LogP contribution in [0.3, 0.4) is 0 Å². The van der Waals surface area contributed by atoms with E-state index in [1.807, 2.05) is 6.92 Å². The minimum absolute atomic E-state index is 0.316. The van der Waals surface area contributed by atoms with Crippen molar-refractivity contribution < 1.29 is 30.0 Å². The zero-order chi connectivity index (χ0) is 13.4.